The lowest BCUT2D eigenvalue weighted by Gasteiger charge is -2.20. The average molecular weight is 277 g/mol. The van der Waals surface area contributed by atoms with Crippen LogP contribution in [0.4, 0.5) is 0 Å². The lowest BCUT2D eigenvalue weighted by atomic mass is 9.98. The molecule has 4 nitrogen and oxygen atoms in total. The Morgan fingerprint density at radius 2 is 2.15 bits per heavy atom. The van der Waals surface area contributed by atoms with Gasteiger partial charge in [0.05, 0.1) is 13.5 Å². The van der Waals surface area contributed by atoms with Crippen molar-refractivity contribution in [3.05, 3.63) is 28.8 Å². The van der Waals surface area contributed by atoms with Crippen LogP contribution < -0.4 is 10.1 Å². The van der Waals surface area contributed by atoms with Crippen LogP contribution in [0.15, 0.2) is 12.1 Å². The number of carboxylic acid groups (broad SMARTS) is 1. The zero-order chi connectivity index (χ0) is 14.7. The highest BCUT2D eigenvalue weighted by Gasteiger charge is 2.26. The van der Waals surface area contributed by atoms with Gasteiger partial charge in [0.25, 0.3) is 0 Å². The fraction of sp³-hybridized carbons (Fsp3) is 0.562. The van der Waals surface area contributed by atoms with Crippen molar-refractivity contribution in [2.45, 2.75) is 51.6 Å². The van der Waals surface area contributed by atoms with Crippen molar-refractivity contribution in [1.82, 2.24) is 5.32 Å². The number of hydrogen-bond donors (Lipinski definition) is 2. The fourth-order valence-electron chi connectivity index (χ4n) is 2.74. The zero-order valence-corrected chi connectivity index (χ0v) is 12.4. The van der Waals surface area contributed by atoms with E-state index < -0.39 is 5.97 Å². The van der Waals surface area contributed by atoms with E-state index >= 15 is 0 Å². The number of carbonyl (C=O) groups is 1. The number of methoxy groups -OCH3 is 1. The Morgan fingerprint density at radius 3 is 2.70 bits per heavy atom. The number of carboxylic acids is 1. The summed E-state index contributed by atoms with van der Waals surface area (Å²) in [6, 6.07) is 4.64. The number of aryl methyl sites for hydroxylation is 2. The summed E-state index contributed by atoms with van der Waals surface area (Å²) in [5.41, 5.74) is 3.37. The van der Waals surface area contributed by atoms with Gasteiger partial charge in [-0.3, -0.25) is 4.79 Å². The van der Waals surface area contributed by atoms with Gasteiger partial charge in [0, 0.05) is 12.1 Å². The van der Waals surface area contributed by atoms with Crippen LogP contribution in [0, 0.1) is 13.8 Å². The van der Waals surface area contributed by atoms with E-state index in [1.165, 1.54) is 5.56 Å². The number of nitrogens with one attached hydrogen (secondary N) is 1. The molecule has 0 aromatic heterocycles. The molecule has 0 heterocycles. The van der Waals surface area contributed by atoms with Gasteiger partial charge in [-0.2, -0.15) is 0 Å². The van der Waals surface area contributed by atoms with E-state index in [9.17, 15) is 4.79 Å². The summed E-state index contributed by atoms with van der Waals surface area (Å²) in [6.45, 7) is 4.08. The van der Waals surface area contributed by atoms with Crippen LogP contribution in [0.25, 0.3) is 0 Å². The molecule has 1 aliphatic carbocycles. The third kappa shape index (κ3) is 3.97. The summed E-state index contributed by atoms with van der Waals surface area (Å²) in [7, 11) is 1.67. The van der Waals surface area contributed by atoms with Gasteiger partial charge in [0.15, 0.2) is 0 Å². The van der Waals surface area contributed by atoms with E-state index in [0.29, 0.717) is 12.5 Å². The first-order chi connectivity index (χ1) is 9.49. The van der Waals surface area contributed by atoms with Gasteiger partial charge >= 0.3 is 5.97 Å². The third-order valence-electron chi connectivity index (χ3n) is 3.64. The highest BCUT2D eigenvalue weighted by Crippen LogP contribution is 2.28. The summed E-state index contributed by atoms with van der Waals surface area (Å²) in [4.78, 5) is 11.0. The minimum atomic E-state index is -0.758. The summed E-state index contributed by atoms with van der Waals surface area (Å²) < 4.78 is 5.48. The van der Waals surface area contributed by atoms with Crippen molar-refractivity contribution in [1.29, 1.82) is 0 Å². The fourth-order valence-corrected chi connectivity index (χ4v) is 2.74. The minimum absolute atomic E-state index is 0.0323. The summed E-state index contributed by atoms with van der Waals surface area (Å²) in [6.07, 6.45) is 3.14. The minimum Gasteiger partial charge on any atom is -0.496 e. The van der Waals surface area contributed by atoms with Crippen LogP contribution in [0.1, 0.15) is 36.0 Å². The van der Waals surface area contributed by atoms with Crippen LogP contribution in [0.5, 0.6) is 5.75 Å². The Morgan fingerprint density at radius 1 is 1.45 bits per heavy atom. The van der Waals surface area contributed by atoms with E-state index in [1.807, 2.05) is 6.92 Å². The molecular weight excluding hydrogens is 254 g/mol. The van der Waals surface area contributed by atoms with Crippen molar-refractivity contribution in [2.24, 2.45) is 0 Å². The largest absolute Gasteiger partial charge is 0.496 e. The number of hydrogen-bond acceptors (Lipinski definition) is 3. The quantitative estimate of drug-likeness (QED) is 0.803. The average Bonchev–Trinajstić information content (AvgIpc) is 3.11. The van der Waals surface area contributed by atoms with Gasteiger partial charge in [0.1, 0.15) is 5.75 Å². The van der Waals surface area contributed by atoms with E-state index in [1.54, 1.807) is 7.11 Å². The third-order valence-corrected chi connectivity index (χ3v) is 3.64. The molecule has 1 atom stereocenters. The SMILES string of the molecule is COc1c(C)cc(C)cc1CC(CC(=O)O)NC1CC1. The van der Waals surface area contributed by atoms with Crippen molar-refractivity contribution >= 4 is 5.97 Å². The maximum atomic E-state index is 11.0. The first-order valence-electron chi connectivity index (χ1n) is 7.11. The van der Waals surface area contributed by atoms with Gasteiger partial charge in [0.2, 0.25) is 0 Å². The molecule has 20 heavy (non-hydrogen) atoms. The summed E-state index contributed by atoms with van der Waals surface area (Å²) in [5, 5.41) is 12.5. The van der Waals surface area contributed by atoms with Gasteiger partial charge in [-0.15, -0.1) is 0 Å². The molecule has 0 saturated heterocycles. The predicted octanol–water partition coefficient (Wildman–Crippen LogP) is 2.45. The molecule has 1 aliphatic rings. The lowest BCUT2D eigenvalue weighted by molar-refractivity contribution is -0.137. The van der Waals surface area contributed by atoms with Gasteiger partial charge in [-0.05, 0) is 44.2 Å². The van der Waals surface area contributed by atoms with Crippen LogP contribution in [-0.2, 0) is 11.2 Å². The summed E-state index contributed by atoms with van der Waals surface area (Å²) in [5.74, 6) is 0.120. The molecule has 0 spiro atoms. The Balaban J connectivity index is 2.17. The molecule has 1 unspecified atom stereocenters. The number of benzene rings is 1. The van der Waals surface area contributed by atoms with Gasteiger partial charge < -0.3 is 15.2 Å². The Kier molecular flexibility index (Phi) is 4.65. The second kappa shape index (κ2) is 6.27. The van der Waals surface area contributed by atoms with E-state index in [0.717, 1.165) is 29.7 Å². The Bertz CT molecular complexity index is 495. The highest BCUT2D eigenvalue weighted by molar-refractivity contribution is 5.67. The second-order valence-electron chi connectivity index (χ2n) is 5.71. The molecule has 0 bridgehead atoms. The van der Waals surface area contributed by atoms with Crippen molar-refractivity contribution in [2.75, 3.05) is 7.11 Å². The molecule has 110 valence electrons. The normalized spacial score (nSPS) is 15.9. The molecule has 0 amide bonds. The molecule has 2 N–H and O–H groups in total. The molecule has 1 fully saturated rings. The van der Waals surface area contributed by atoms with Crippen molar-refractivity contribution < 1.29 is 14.6 Å². The highest BCUT2D eigenvalue weighted by atomic mass is 16.5. The molecule has 0 aliphatic heterocycles. The molecule has 2 rings (SSSR count). The first kappa shape index (κ1) is 14.9. The molecule has 4 heteroatoms. The standard InChI is InChI=1S/C16H23NO3/c1-10-6-11(2)16(20-3)12(7-10)8-14(9-15(18)19)17-13-4-5-13/h6-7,13-14,17H,4-5,8-9H2,1-3H3,(H,18,19). The summed E-state index contributed by atoms with van der Waals surface area (Å²) >= 11 is 0. The monoisotopic (exact) mass is 277 g/mol. The van der Waals surface area contributed by atoms with Crippen LogP contribution in [0.2, 0.25) is 0 Å². The number of ether oxygens (including phenoxy) is 1. The van der Waals surface area contributed by atoms with Gasteiger partial charge in [-0.1, -0.05) is 17.7 Å². The van der Waals surface area contributed by atoms with E-state index in [-0.39, 0.29) is 12.5 Å². The number of rotatable bonds is 7. The van der Waals surface area contributed by atoms with Crippen molar-refractivity contribution in [3.63, 3.8) is 0 Å². The predicted molar refractivity (Wildman–Crippen MR) is 78.4 cm³/mol. The van der Waals surface area contributed by atoms with Gasteiger partial charge in [-0.25, -0.2) is 0 Å². The Hall–Kier alpha value is -1.55. The first-order valence-corrected chi connectivity index (χ1v) is 7.11. The number of aliphatic carboxylic acids is 1. The molecule has 0 radical (unpaired) electrons. The van der Waals surface area contributed by atoms with Crippen molar-refractivity contribution in [3.8, 4) is 5.75 Å². The Labute approximate surface area is 120 Å². The maximum absolute atomic E-state index is 11.0. The van der Waals surface area contributed by atoms with E-state index in [2.05, 4.69) is 24.4 Å². The van der Waals surface area contributed by atoms with Crippen LogP contribution in [-0.4, -0.2) is 30.3 Å². The molecule has 1 saturated carbocycles. The molecular formula is C16H23NO3. The van der Waals surface area contributed by atoms with E-state index in [4.69, 9.17) is 9.84 Å². The zero-order valence-electron chi connectivity index (χ0n) is 12.4. The molecule has 1 aromatic rings. The smallest absolute Gasteiger partial charge is 0.304 e. The lowest BCUT2D eigenvalue weighted by Crippen LogP contribution is -2.35. The second-order valence-corrected chi connectivity index (χ2v) is 5.71. The van der Waals surface area contributed by atoms with Crippen LogP contribution in [0.3, 0.4) is 0 Å². The maximum Gasteiger partial charge on any atom is 0.304 e. The molecule has 1 aromatic carbocycles. The van der Waals surface area contributed by atoms with Crippen LogP contribution >= 0.6 is 0 Å². The topological polar surface area (TPSA) is 58.6 Å².